The van der Waals surface area contributed by atoms with Gasteiger partial charge in [0.15, 0.2) is 0 Å². The van der Waals surface area contributed by atoms with Crippen molar-refractivity contribution in [2.75, 3.05) is 27.2 Å². The van der Waals surface area contributed by atoms with Crippen LogP contribution >= 0.6 is 0 Å². The maximum atomic E-state index is 5.19. The maximum Gasteiger partial charge on any atom is 0.118 e. The molecule has 0 aliphatic heterocycles. The summed E-state index contributed by atoms with van der Waals surface area (Å²) in [7, 11) is 3.91. The minimum absolute atomic E-state index is 0.660. The second-order valence-electron chi connectivity index (χ2n) is 5.55. The number of likely N-dealkylation sites (N-methyl/N-ethyl adjacent to an activating group) is 2. The van der Waals surface area contributed by atoms with Gasteiger partial charge in [-0.1, -0.05) is 19.1 Å². The molecule has 0 heterocycles. The molecule has 1 N–H and O–H groups in total. The van der Waals surface area contributed by atoms with Crippen molar-refractivity contribution in [1.29, 1.82) is 0 Å². The topological polar surface area (TPSA) is 24.5 Å². The zero-order valence-electron chi connectivity index (χ0n) is 12.4. The van der Waals surface area contributed by atoms with E-state index in [1.54, 1.807) is 7.11 Å². The van der Waals surface area contributed by atoms with E-state index >= 15 is 0 Å². The van der Waals surface area contributed by atoms with Crippen LogP contribution in [0.15, 0.2) is 24.3 Å². The fourth-order valence-corrected chi connectivity index (χ4v) is 2.58. The van der Waals surface area contributed by atoms with Crippen LogP contribution in [0.25, 0.3) is 0 Å². The normalized spacial score (nSPS) is 16.6. The SMILES string of the molecule is CCNC(CN(C)Cc1ccc(OC)cc1)C1CC1. The van der Waals surface area contributed by atoms with Gasteiger partial charge in [-0.05, 0) is 50.0 Å². The first-order valence-electron chi connectivity index (χ1n) is 7.27. The number of hydrogen-bond donors (Lipinski definition) is 1. The van der Waals surface area contributed by atoms with Gasteiger partial charge in [-0.25, -0.2) is 0 Å². The van der Waals surface area contributed by atoms with E-state index in [2.05, 4.69) is 36.3 Å². The molecule has 3 heteroatoms. The van der Waals surface area contributed by atoms with Crippen LogP contribution in [-0.2, 0) is 6.54 Å². The average Bonchev–Trinajstić information content (AvgIpc) is 3.23. The van der Waals surface area contributed by atoms with E-state index in [1.807, 2.05) is 12.1 Å². The van der Waals surface area contributed by atoms with Crippen LogP contribution < -0.4 is 10.1 Å². The molecule has 0 spiro atoms. The lowest BCUT2D eigenvalue weighted by atomic mass is 10.1. The van der Waals surface area contributed by atoms with Crippen molar-refractivity contribution in [2.24, 2.45) is 5.92 Å². The van der Waals surface area contributed by atoms with E-state index in [0.29, 0.717) is 6.04 Å². The van der Waals surface area contributed by atoms with Crippen molar-refractivity contribution < 1.29 is 4.74 Å². The van der Waals surface area contributed by atoms with Crippen molar-refractivity contribution in [3.8, 4) is 5.75 Å². The summed E-state index contributed by atoms with van der Waals surface area (Å²) in [6, 6.07) is 9.02. The molecule has 1 unspecified atom stereocenters. The first-order chi connectivity index (χ1) is 9.22. The lowest BCUT2D eigenvalue weighted by Gasteiger charge is -2.24. The van der Waals surface area contributed by atoms with Gasteiger partial charge >= 0.3 is 0 Å². The predicted molar refractivity (Wildman–Crippen MR) is 79.5 cm³/mol. The summed E-state index contributed by atoms with van der Waals surface area (Å²) >= 11 is 0. The number of nitrogens with one attached hydrogen (secondary N) is 1. The van der Waals surface area contributed by atoms with Crippen molar-refractivity contribution in [3.05, 3.63) is 29.8 Å². The van der Waals surface area contributed by atoms with Crippen molar-refractivity contribution in [2.45, 2.75) is 32.4 Å². The van der Waals surface area contributed by atoms with Crippen LogP contribution in [0.1, 0.15) is 25.3 Å². The Morgan fingerprint density at radius 3 is 2.53 bits per heavy atom. The largest absolute Gasteiger partial charge is 0.497 e. The van der Waals surface area contributed by atoms with E-state index in [9.17, 15) is 0 Å². The monoisotopic (exact) mass is 262 g/mol. The van der Waals surface area contributed by atoms with Crippen LogP contribution in [0, 0.1) is 5.92 Å². The Bertz CT molecular complexity index is 373. The number of hydrogen-bond acceptors (Lipinski definition) is 3. The lowest BCUT2D eigenvalue weighted by Crippen LogP contribution is -2.40. The Labute approximate surface area is 116 Å². The van der Waals surface area contributed by atoms with Crippen LogP contribution in [-0.4, -0.2) is 38.2 Å². The molecule has 1 aromatic carbocycles. The van der Waals surface area contributed by atoms with Crippen molar-refractivity contribution in [3.63, 3.8) is 0 Å². The first kappa shape index (κ1) is 14.4. The summed E-state index contributed by atoms with van der Waals surface area (Å²) in [4.78, 5) is 2.41. The Morgan fingerprint density at radius 2 is 2.00 bits per heavy atom. The highest BCUT2D eigenvalue weighted by Crippen LogP contribution is 2.33. The van der Waals surface area contributed by atoms with Crippen LogP contribution in [0.2, 0.25) is 0 Å². The van der Waals surface area contributed by atoms with E-state index in [1.165, 1.54) is 18.4 Å². The van der Waals surface area contributed by atoms with Gasteiger partial charge in [0, 0.05) is 19.1 Å². The molecular formula is C16H26N2O. The maximum absolute atomic E-state index is 5.19. The summed E-state index contributed by atoms with van der Waals surface area (Å²) in [5, 5.41) is 3.62. The molecule has 106 valence electrons. The number of rotatable bonds is 8. The van der Waals surface area contributed by atoms with Gasteiger partial charge in [0.2, 0.25) is 0 Å². The molecule has 2 rings (SSSR count). The molecule has 0 aromatic heterocycles. The first-order valence-corrected chi connectivity index (χ1v) is 7.27. The molecule has 1 saturated carbocycles. The standard InChI is InChI=1S/C16H26N2O/c1-4-17-16(14-7-8-14)12-18(2)11-13-5-9-15(19-3)10-6-13/h5-6,9-10,14,16-17H,4,7-8,11-12H2,1-3H3. The van der Waals surface area contributed by atoms with Crippen molar-refractivity contribution in [1.82, 2.24) is 10.2 Å². The van der Waals surface area contributed by atoms with Gasteiger partial charge in [-0.2, -0.15) is 0 Å². The van der Waals surface area contributed by atoms with E-state index in [4.69, 9.17) is 4.74 Å². The highest BCUT2D eigenvalue weighted by Gasteiger charge is 2.31. The minimum Gasteiger partial charge on any atom is -0.497 e. The van der Waals surface area contributed by atoms with Crippen LogP contribution in [0.5, 0.6) is 5.75 Å². The number of ether oxygens (including phenoxy) is 1. The smallest absolute Gasteiger partial charge is 0.118 e. The summed E-state index contributed by atoms with van der Waals surface area (Å²) in [6.07, 6.45) is 2.79. The average molecular weight is 262 g/mol. The molecule has 3 nitrogen and oxygen atoms in total. The third-order valence-corrected chi connectivity index (χ3v) is 3.78. The van der Waals surface area contributed by atoms with Crippen LogP contribution in [0.4, 0.5) is 0 Å². The summed E-state index contributed by atoms with van der Waals surface area (Å²) in [5.41, 5.74) is 1.34. The van der Waals surface area contributed by atoms with Gasteiger partial charge in [0.25, 0.3) is 0 Å². The van der Waals surface area contributed by atoms with E-state index in [0.717, 1.165) is 31.3 Å². The molecule has 1 aliphatic carbocycles. The molecule has 1 aromatic rings. The van der Waals surface area contributed by atoms with E-state index in [-0.39, 0.29) is 0 Å². The summed E-state index contributed by atoms with van der Waals surface area (Å²) < 4.78 is 5.19. The third kappa shape index (κ3) is 4.51. The third-order valence-electron chi connectivity index (χ3n) is 3.78. The molecule has 1 atom stereocenters. The van der Waals surface area contributed by atoms with Crippen LogP contribution in [0.3, 0.4) is 0 Å². The van der Waals surface area contributed by atoms with Gasteiger partial charge < -0.3 is 15.0 Å². The molecular weight excluding hydrogens is 236 g/mol. The Hall–Kier alpha value is -1.06. The minimum atomic E-state index is 0.660. The molecule has 0 radical (unpaired) electrons. The van der Waals surface area contributed by atoms with E-state index < -0.39 is 0 Å². The highest BCUT2D eigenvalue weighted by atomic mass is 16.5. The summed E-state index contributed by atoms with van der Waals surface area (Å²) in [6.45, 7) is 5.39. The zero-order valence-corrected chi connectivity index (χ0v) is 12.4. The fourth-order valence-electron chi connectivity index (χ4n) is 2.58. The number of nitrogens with zero attached hydrogens (tertiary/aromatic N) is 1. The molecule has 1 aliphatic rings. The quantitative estimate of drug-likeness (QED) is 0.779. The van der Waals surface area contributed by atoms with Crippen molar-refractivity contribution >= 4 is 0 Å². The second kappa shape index (κ2) is 6.92. The number of benzene rings is 1. The van der Waals surface area contributed by atoms with Gasteiger partial charge in [-0.15, -0.1) is 0 Å². The molecule has 19 heavy (non-hydrogen) atoms. The molecule has 0 bridgehead atoms. The Balaban J connectivity index is 1.83. The second-order valence-corrected chi connectivity index (χ2v) is 5.55. The van der Waals surface area contributed by atoms with Gasteiger partial charge in [-0.3, -0.25) is 0 Å². The Morgan fingerprint density at radius 1 is 1.32 bits per heavy atom. The Kier molecular flexibility index (Phi) is 5.23. The molecule has 0 amide bonds. The zero-order chi connectivity index (χ0) is 13.7. The molecule has 1 fully saturated rings. The van der Waals surface area contributed by atoms with Gasteiger partial charge in [0.1, 0.15) is 5.75 Å². The van der Waals surface area contributed by atoms with Gasteiger partial charge in [0.05, 0.1) is 7.11 Å². The fraction of sp³-hybridized carbons (Fsp3) is 0.625. The molecule has 0 saturated heterocycles. The summed E-state index contributed by atoms with van der Waals surface area (Å²) in [5.74, 6) is 1.83. The number of methoxy groups -OCH3 is 1. The lowest BCUT2D eigenvalue weighted by molar-refractivity contribution is 0.269. The highest BCUT2D eigenvalue weighted by molar-refractivity contribution is 5.27. The predicted octanol–water partition coefficient (Wildman–Crippen LogP) is 2.52.